The molecule has 20 heavy (non-hydrogen) atoms. The Hall–Kier alpha value is -1.71. The molecule has 0 aliphatic heterocycles. The van der Waals surface area contributed by atoms with Crippen LogP contribution in [0, 0.1) is 0 Å². The van der Waals surface area contributed by atoms with E-state index in [0.29, 0.717) is 0 Å². The number of aromatic nitrogens is 2. The Morgan fingerprint density at radius 2 is 1.90 bits per heavy atom. The van der Waals surface area contributed by atoms with Gasteiger partial charge >= 0.3 is 6.18 Å². The van der Waals surface area contributed by atoms with Gasteiger partial charge in [0.15, 0.2) is 0 Å². The number of alkyl halides is 5. The van der Waals surface area contributed by atoms with E-state index < -0.39 is 25.0 Å². The summed E-state index contributed by atoms with van der Waals surface area (Å²) in [6.07, 6.45) is -7.25. The van der Waals surface area contributed by atoms with Gasteiger partial charge in [-0.2, -0.15) is 13.2 Å². The van der Waals surface area contributed by atoms with Crippen molar-refractivity contribution in [3.63, 3.8) is 0 Å². The quantitative estimate of drug-likeness (QED) is 0.597. The molecule has 0 spiro atoms. The number of anilines is 2. The zero-order valence-electron chi connectivity index (χ0n) is 10.5. The fourth-order valence-corrected chi connectivity index (χ4v) is 1.22. The van der Waals surface area contributed by atoms with Gasteiger partial charge in [-0.15, -0.1) is 0 Å². The lowest BCUT2D eigenvalue weighted by Crippen LogP contribution is -2.17. The molecule has 0 saturated heterocycles. The molecule has 0 saturated carbocycles. The van der Waals surface area contributed by atoms with Crippen LogP contribution in [0.25, 0.3) is 0 Å². The van der Waals surface area contributed by atoms with Crippen LogP contribution in [0.4, 0.5) is 33.6 Å². The minimum absolute atomic E-state index is 0.0108. The van der Waals surface area contributed by atoms with Crippen LogP contribution < -0.4 is 10.6 Å². The minimum atomic E-state index is -4.67. The van der Waals surface area contributed by atoms with Crippen molar-refractivity contribution in [1.29, 1.82) is 0 Å². The van der Waals surface area contributed by atoms with Crippen molar-refractivity contribution in [3.8, 4) is 0 Å². The van der Waals surface area contributed by atoms with Crippen molar-refractivity contribution in [2.75, 3.05) is 37.4 Å². The first-order valence-corrected chi connectivity index (χ1v) is 5.56. The summed E-state index contributed by atoms with van der Waals surface area (Å²) in [5.41, 5.74) is 0. The third-order valence-electron chi connectivity index (χ3n) is 2.03. The molecule has 0 radical (unpaired) electrons. The van der Waals surface area contributed by atoms with E-state index in [4.69, 9.17) is 0 Å². The van der Waals surface area contributed by atoms with Crippen molar-refractivity contribution in [2.45, 2.75) is 12.6 Å². The molecule has 1 aromatic heterocycles. The molecule has 0 unspecified atom stereocenters. The Balaban J connectivity index is 2.61. The van der Waals surface area contributed by atoms with E-state index in [-0.39, 0.29) is 24.8 Å². The van der Waals surface area contributed by atoms with Gasteiger partial charge in [0.05, 0.1) is 6.61 Å². The molecule has 0 aliphatic rings. The first kappa shape index (κ1) is 16.3. The third-order valence-corrected chi connectivity index (χ3v) is 2.03. The fraction of sp³-hybridized carbons (Fsp3) is 0.600. The number of hydrogen-bond donors (Lipinski definition) is 2. The van der Waals surface area contributed by atoms with E-state index in [0.717, 1.165) is 0 Å². The fourth-order valence-electron chi connectivity index (χ4n) is 1.22. The second kappa shape index (κ2) is 7.17. The second-order valence-electron chi connectivity index (χ2n) is 3.60. The molecule has 0 fully saturated rings. The van der Waals surface area contributed by atoms with Crippen LogP contribution in [0.15, 0.2) is 6.07 Å². The molecule has 2 N–H and O–H groups in total. The highest BCUT2D eigenvalue weighted by Crippen LogP contribution is 2.28. The smallest absolute Gasteiger partial charge is 0.374 e. The number of rotatable bonds is 7. The molecule has 1 aromatic rings. The van der Waals surface area contributed by atoms with E-state index in [2.05, 4.69) is 25.3 Å². The first-order valence-electron chi connectivity index (χ1n) is 5.56. The van der Waals surface area contributed by atoms with Crippen LogP contribution in [-0.2, 0) is 10.9 Å². The maximum atomic E-state index is 12.5. The molecule has 10 heteroatoms. The highest BCUT2D eigenvalue weighted by molar-refractivity contribution is 5.47. The highest BCUT2D eigenvalue weighted by Gasteiger charge is 2.35. The predicted molar refractivity (Wildman–Crippen MR) is 61.9 cm³/mol. The summed E-state index contributed by atoms with van der Waals surface area (Å²) >= 11 is 0. The summed E-state index contributed by atoms with van der Waals surface area (Å²) in [6.45, 7) is -0.754. The van der Waals surface area contributed by atoms with Gasteiger partial charge in [0.1, 0.15) is 18.2 Å². The third kappa shape index (κ3) is 5.51. The molecule has 1 heterocycles. The van der Waals surface area contributed by atoms with Crippen molar-refractivity contribution in [1.82, 2.24) is 9.97 Å². The Bertz CT molecular complexity index is 427. The van der Waals surface area contributed by atoms with Gasteiger partial charge in [0.25, 0.3) is 6.43 Å². The maximum Gasteiger partial charge on any atom is 0.451 e. The summed E-state index contributed by atoms with van der Waals surface area (Å²) in [6, 6.07) is 1.27. The van der Waals surface area contributed by atoms with Gasteiger partial charge in [-0.3, -0.25) is 0 Å². The second-order valence-corrected chi connectivity index (χ2v) is 3.60. The number of nitrogens with one attached hydrogen (secondary N) is 2. The summed E-state index contributed by atoms with van der Waals surface area (Å²) in [5.74, 6) is -1.37. The molecule has 114 valence electrons. The van der Waals surface area contributed by atoms with Gasteiger partial charge in [-0.05, 0) is 0 Å². The van der Waals surface area contributed by atoms with Gasteiger partial charge in [-0.25, -0.2) is 18.7 Å². The highest BCUT2D eigenvalue weighted by atomic mass is 19.4. The topological polar surface area (TPSA) is 59.1 Å². The summed E-state index contributed by atoms with van der Waals surface area (Å²) in [4.78, 5) is 6.57. The van der Waals surface area contributed by atoms with Crippen LogP contribution >= 0.6 is 0 Å². The average Bonchev–Trinajstić information content (AvgIpc) is 2.36. The van der Waals surface area contributed by atoms with Gasteiger partial charge in [-0.1, -0.05) is 0 Å². The van der Waals surface area contributed by atoms with E-state index in [1.807, 2.05) is 0 Å². The SMILES string of the molecule is CNc1cc(NCCOCC(F)F)nc(C(F)(F)F)n1. The lowest BCUT2D eigenvalue weighted by atomic mass is 10.4. The van der Waals surface area contributed by atoms with Crippen molar-refractivity contribution >= 4 is 11.6 Å². The Labute approximate surface area is 111 Å². The van der Waals surface area contributed by atoms with Gasteiger partial charge in [0.2, 0.25) is 5.82 Å². The maximum absolute atomic E-state index is 12.5. The van der Waals surface area contributed by atoms with Crippen LogP contribution in [0.5, 0.6) is 0 Å². The summed E-state index contributed by atoms with van der Waals surface area (Å²) in [5, 5.41) is 5.02. The van der Waals surface area contributed by atoms with E-state index >= 15 is 0 Å². The normalized spacial score (nSPS) is 11.8. The van der Waals surface area contributed by atoms with Crippen LogP contribution in [0.2, 0.25) is 0 Å². The molecule has 0 aromatic carbocycles. The van der Waals surface area contributed by atoms with E-state index in [9.17, 15) is 22.0 Å². The molecular weight excluding hydrogens is 287 g/mol. The monoisotopic (exact) mass is 300 g/mol. The summed E-state index contributed by atoms with van der Waals surface area (Å²) < 4.78 is 65.7. The van der Waals surface area contributed by atoms with Gasteiger partial charge in [0, 0.05) is 19.7 Å². The lowest BCUT2D eigenvalue weighted by molar-refractivity contribution is -0.144. The Kier molecular flexibility index (Phi) is 5.86. The summed E-state index contributed by atoms with van der Waals surface area (Å²) in [7, 11) is 1.41. The number of hydrogen-bond acceptors (Lipinski definition) is 5. The minimum Gasteiger partial charge on any atom is -0.374 e. The molecule has 1 rings (SSSR count). The Morgan fingerprint density at radius 3 is 2.45 bits per heavy atom. The number of halogens is 5. The van der Waals surface area contributed by atoms with Crippen LogP contribution in [0.3, 0.4) is 0 Å². The van der Waals surface area contributed by atoms with Crippen LogP contribution in [0.1, 0.15) is 5.82 Å². The molecule has 0 bridgehead atoms. The lowest BCUT2D eigenvalue weighted by Gasteiger charge is -2.11. The zero-order valence-corrected chi connectivity index (χ0v) is 10.5. The predicted octanol–water partition coefficient (Wildman–Crippen LogP) is 2.23. The average molecular weight is 300 g/mol. The van der Waals surface area contributed by atoms with Crippen LogP contribution in [-0.4, -0.2) is 43.2 Å². The van der Waals surface area contributed by atoms with Gasteiger partial charge < -0.3 is 15.4 Å². The number of nitrogens with zero attached hydrogens (tertiary/aromatic N) is 2. The van der Waals surface area contributed by atoms with E-state index in [1.165, 1.54) is 13.1 Å². The van der Waals surface area contributed by atoms with E-state index in [1.54, 1.807) is 0 Å². The van der Waals surface area contributed by atoms with Crippen molar-refractivity contribution in [3.05, 3.63) is 11.9 Å². The largest absolute Gasteiger partial charge is 0.451 e. The molecule has 0 amide bonds. The molecular formula is C10H13F5N4O. The Morgan fingerprint density at radius 1 is 1.25 bits per heavy atom. The van der Waals surface area contributed by atoms with Crippen molar-refractivity contribution < 1.29 is 26.7 Å². The first-order chi connectivity index (χ1) is 9.32. The molecule has 5 nitrogen and oxygen atoms in total. The van der Waals surface area contributed by atoms with Crippen molar-refractivity contribution in [2.24, 2.45) is 0 Å². The molecule has 0 aliphatic carbocycles. The zero-order chi connectivity index (χ0) is 15.2. The standard InChI is InChI=1S/C10H13F5N4O/c1-16-7-4-8(17-2-3-20-5-6(11)12)19-9(18-7)10(13,14)15/h4,6H,2-3,5H2,1H3,(H2,16,17,18,19). The molecule has 0 atom stereocenters. The number of ether oxygens (including phenoxy) is 1.